The van der Waals surface area contributed by atoms with Gasteiger partial charge in [0.25, 0.3) is 0 Å². The van der Waals surface area contributed by atoms with Crippen molar-refractivity contribution in [1.82, 2.24) is 5.32 Å². The zero-order valence-corrected chi connectivity index (χ0v) is 11.6. The highest BCUT2D eigenvalue weighted by Crippen LogP contribution is 2.41. The number of nitrogens with one attached hydrogen (secondary N) is 1. The van der Waals surface area contributed by atoms with E-state index >= 15 is 0 Å². The van der Waals surface area contributed by atoms with Crippen molar-refractivity contribution in [2.45, 2.75) is 52.0 Å². The van der Waals surface area contributed by atoms with Gasteiger partial charge in [0.15, 0.2) is 0 Å². The van der Waals surface area contributed by atoms with Crippen molar-refractivity contribution in [1.29, 1.82) is 0 Å². The van der Waals surface area contributed by atoms with Crippen molar-refractivity contribution >= 4 is 0 Å². The van der Waals surface area contributed by atoms with E-state index in [0.717, 1.165) is 12.5 Å². The van der Waals surface area contributed by atoms with E-state index in [1.54, 1.807) is 0 Å². The maximum atomic E-state index is 3.62. The molecule has 2 rings (SSSR count). The molecule has 1 aromatic rings. The predicted octanol–water partition coefficient (Wildman–Crippen LogP) is 4.04. The zero-order valence-electron chi connectivity index (χ0n) is 11.6. The molecule has 1 aliphatic carbocycles. The molecule has 1 aliphatic rings. The van der Waals surface area contributed by atoms with Gasteiger partial charge in [-0.15, -0.1) is 0 Å². The minimum atomic E-state index is 0.256. The molecule has 0 spiro atoms. The fraction of sp³-hybridized carbons (Fsp3) is 0.625. The molecule has 0 amide bonds. The van der Waals surface area contributed by atoms with Crippen LogP contribution in [-0.2, 0) is 5.41 Å². The molecule has 0 radical (unpaired) electrons. The van der Waals surface area contributed by atoms with E-state index in [0.29, 0.717) is 6.04 Å². The SMILES string of the molecule is CCNC(c1ccc(C(C)(C)C)cc1)C1CC1. The molecule has 0 aliphatic heterocycles. The van der Waals surface area contributed by atoms with Crippen molar-refractivity contribution in [2.24, 2.45) is 5.92 Å². The lowest BCUT2D eigenvalue weighted by molar-refractivity contribution is 0.495. The van der Waals surface area contributed by atoms with Crippen LogP contribution in [0.15, 0.2) is 24.3 Å². The van der Waals surface area contributed by atoms with E-state index in [9.17, 15) is 0 Å². The topological polar surface area (TPSA) is 12.0 Å². The van der Waals surface area contributed by atoms with Crippen molar-refractivity contribution < 1.29 is 0 Å². The molecule has 1 atom stereocenters. The van der Waals surface area contributed by atoms with Crippen LogP contribution in [0, 0.1) is 5.92 Å². The van der Waals surface area contributed by atoms with Gasteiger partial charge in [-0.2, -0.15) is 0 Å². The molecule has 1 unspecified atom stereocenters. The summed E-state index contributed by atoms with van der Waals surface area (Å²) in [6.45, 7) is 10.1. The van der Waals surface area contributed by atoms with Gasteiger partial charge in [-0.3, -0.25) is 0 Å². The van der Waals surface area contributed by atoms with Gasteiger partial charge in [-0.1, -0.05) is 52.0 Å². The third kappa shape index (κ3) is 3.10. The quantitative estimate of drug-likeness (QED) is 0.824. The first kappa shape index (κ1) is 12.6. The van der Waals surface area contributed by atoms with E-state index in [1.807, 2.05) is 0 Å². The second-order valence-electron chi connectivity index (χ2n) is 6.24. The van der Waals surface area contributed by atoms with Crippen LogP contribution < -0.4 is 5.32 Å². The summed E-state index contributed by atoms with van der Waals surface area (Å²) >= 11 is 0. The summed E-state index contributed by atoms with van der Waals surface area (Å²) in [5.74, 6) is 0.871. The molecule has 94 valence electrons. The van der Waals surface area contributed by atoms with Gasteiger partial charge in [-0.05, 0) is 41.8 Å². The van der Waals surface area contributed by atoms with E-state index < -0.39 is 0 Å². The van der Waals surface area contributed by atoms with Crippen LogP contribution in [0.3, 0.4) is 0 Å². The highest BCUT2D eigenvalue weighted by atomic mass is 14.9. The number of benzene rings is 1. The maximum Gasteiger partial charge on any atom is 0.0348 e. The van der Waals surface area contributed by atoms with Crippen LogP contribution in [0.1, 0.15) is 57.7 Å². The second kappa shape index (κ2) is 4.81. The highest BCUT2D eigenvalue weighted by molar-refractivity contribution is 5.30. The van der Waals surface area contributed by atoms with Crippen molar-refractivity contribution in [3.05, 3.63) is 35.4 Å². The lowest BCUT2D eigenvalue weighted by Crippen LogP contribution is -2.22. The Bertz CT molecular complexity index is 354. The molecule has 0 bridgehead atoms. The molecule has 1 aromatic carbocycles. The van der Waals surface area contributed by atoms with Crippen LogP contribution in [0.2, 0.25) is 0 Å². The smallest absolute Gasteiger partial charge is 0.0348 e. The van der Waals surface area contributed by atoms with Gasteiger partial charge in [0.2, 0.25) is 0 Å². The molecule has 1 N–H and O–H groups in total. The predicted molar refractivity (Wildman–Crippen MR) is 74.3 cm³/mol. The lowest BCUT2D eigenvalue weighted by atomic mass is 9.86. The summed E-state index contributed by atoms with van der Waals surface area (Å²) in [4.78, 5) is 0. The third-order valence-electron chi connectivity index (χ3n) is 3.65. The largest absolute Gasteiger partial charge is 0.310 e. The third-order valence-corrected chi connectivity index (χ3v) is 3.65. The molecule has 0 saturated heterocycles. The molecule has 1 saturated carbocycles. The Morgan fingerprint density at radius 2 is 1.76 bits per heavy atom. The highest BCUT2D eigenvalue weighted by Gasteiger charge is 2.31. The molecule has 17 heavy (non-hydrogen) atoms. The van der Waals surface area contributed by atoms with Gasteiger partial charge in [0.1, 0.15) is 0 Å². The minimum Gasteiger partial charge on any atom is -0.310 e. The molecule has 1 fully saturated rings. The molecular formula is C16H25N. The Hall–Kier alpha value is -0.820. The van der Waals surface area contributed by atoms with Crippen molar-refractivity contribution in [3.63, 3.8) is 0 Å². The minimum absolute atomic E-state index is 0.256. The Balaban J connectivity index is 2.15. The average Bonchev–Trinajstić information content (AvgIpc) is 3.09. The van der Waals surface area contributed by atoms with Crippen LogP contribution in [0.25, 0.3) is 0 Å². The molecular weight excluding hydrogens is 206 g/mol. The van der Waals surface area contributed by atoms with Gasteiger partial charge < -0.3 is 5.32 Å². The van der Waals surface area contributed by atoms with E-state index in [4.69, 9.17) is 0 Å². The zero-order chi connectivity index (χ0) is 12.5. The summed E-state index contributed by atoms with van der Waals surface area (Å²) in [7, 11) is 0. The second-order valence-corrected chi connectivity index (χ2v) is 6.24. The summed E-state index contributed by atoms with van der Waals surface area (Å²) in [5.41, 5.74) is 3.14. The Morgan fingerprint density at radius 3 is 2.18 bits per heavy atom. The maximum absolute atomic E-state index is 3.62. The van der Waals surface area contributed by atoms with Crippen LogP contribution in [0.5, 0.6) is 0 Å². The fourth-order valence-corrected chi connectivity index (χ4v) is 2.40. The first-order chi connectivity index (χ1) is 8.02. The molecule has 1 heteroatoms. The van der Waals surface area contributed by atoms with E-state index in [1.165, 1.54) is 24.0 Å². The number of hydrogen-bond acceptors (Lipinski definition) is 1. The molecule has 0 aromatic heterocycles. The Morgan fingerprint density at radius 1 is 1.18 bits per heavy atom. The first-order valence-electron chi connectivity index (χ1n) is 6.86. The van der Waals surface area contributed by atoms with Crippen LogP contribution in [-0.4, -0.2) is 6.54 Å². The lowest BCUT2D eigenvalue weighted by Gasteiger charge is -2.22. The van der Waals surface area contributed by atoms with Crippen LogP contribution in [0.4, 0.5) is 0 Å². The molecule has 0 heterocycles. The summed E-state index contributed by atoms with van der Waals surface area (Å²) in [6, 6.07) is 9.79. The number of rotatable bonds is 4. The summed E-state index contributed by atoms with van der Waals surface area (Å²) < 4.78 is 0. The van der Waals surface area contributed by atoms with E-state index in [-0.39, 0.29) is 5.41 Å². The van der Waals surface area contributed by atoms with Gasteiger partial charge in [-0.25, -0.2) is 0 Å². The van der Waals surface area contributed by atoms with Crippen molar-refractivity contribution in [3.8, 4) is 0 Å². The van der Waals surface area contributed by atoms with Gasteiger partial charge in [0, 0.05) is 6.04 Å². The van der Waals surface area contributed by atoms with E-state index in [2.05, 4.69) is 57.3 Å². The molecule has 1 nitrogen and oxygen atoms in total. The summed E-state index contributed by atoms with van der Waals surface area (Å²) in [6.07, 6.45) is 2.78. The Kier molecular flexibility index (Phi) is 3.58. The fourth-order valence-electron chi connectivity index (χ4n) is 2.40. The van der Waals surface area contributed by atoms with Crippen LogP contribution >= 0.6 is 0 Å². The normalized spacial score (nSPS) is 18.1. The van der Waals surface area contributed by atoms with Gasteiger partial charge >= 0.3 is 0 Å². The monoisotopic (exact) mass is 231 g/mol. The standard InChI is InChI=1S/C16H25N/c1-5-17-15(12-6-7-12)13-8-10-14(11-9-13)16(2,3)4/h8-12,15,17H,5-7H2,1-4H3. The first-order valence-corrected chi connectivity index (χ1v) is 6.86. The Labute approximate surface area is 106 Å². The van der Waals surface area contributed by atoms with Gasteiger partial charge in [0.05, 0.1) is 0 Å². The average molecular weight is 231 g/mol. The summed E-state index contributed by atoms with van der Waals surface area (Å²) in [5, 5.41) is 3.62. The number of hydrogen-bond donors (Lipinski definition) is 1. The van der Waals surface area contributed by atoms with Crippen molar-refractivity contribution in [2.75, 3.05) is 6.54 Å².